The van der Waals surface area contributed by atoms with Gasteiger partial charge in [-0.2, -0.15) is 0 Å². The summed E-state index contributed by atoms with van der Waals surface area (Å²) in [6, 6.07) is 0. The molecule has 0 aromatic carbocycles. The van der Waals surface area contributed by atoms with Gasteiger partial charge in [0, 0.05) is 24.7 Å². The van der Waals surface area contributed by atoms with E-state index < -0.39 is 16.0 Å². The van der Waals surface area contributed by atoms with Crippen molar-refractivity contribution in [2.45, 2.75) is 44.9 Å². The zero-order valence-corrected chi connectivity index (χ0v) is 14.1. The third-order valence-corrected chi connectivity index (χ3v) is 7.06. The van der Waals surface area contributed by atoms with Gasteiger partial charge in [-0.3, -0.25) is 0 Å². The Balaban J connectivity index is 1.61. The van der Waals surface area contributed by atoms with Crippen LogP contribution in [0.5, 0.6) is 0 Å². The van der Waals surface area contributed by atoms with E-state index in [9.17, 15) is 13.2 Å². The van der Waals surface area contributed by atoms with Crippen molar-refractivity contribution in [1.82, 2.24) is 14.3 Å². The van der Waals surface area contributed by atoms with Crippen molar-refractivity contribution in [2.24, 2.45) is 5.92 Å². The maximum absolute atomic E-state index is 12.4. The number of carboxylic acid groups (broad SMARTS) is 1. The predicted octanol–water partition coefficient (Wildman–Crippen LogP) is 1.73. The van der Waals surface area contributed by atoms with Crippen molar-refractivity contribution in [3.05, 3.63) is 17.2 Å². The number of piperidine rings is 1. The van der Waals surface area contributed by atoms with Crippen molar-refractivity contribution < 1.29 is 18.3 Å². The van der Waals surface area contributed by atoms with Gasteiger partial charge in [0.25, 0.3) is 0 Å². The van der Waals surface area contributed by atoms with Crippen LogP contribution < -0.4 is 0 Å². The molecule has 1 saturated heterocycles. The Labute approximate surface area is 136 Å². The fraction of sp³-hybridized carbons (Fsp3) is 0.733. The summed E-state index contributed by atoms with van der Waals surface area (Å²) in [6.45, 7) is 2.67. The molecule has 0 radical (unpaired) electrons. The van der Waals surface area contributed by atoms with Gasteiger partial charge in [0.1, 0.15) is 5.82 Å². The highest BCUT2D eigenvalue weighted by Crippen LogP contribution is 2.31. The number of hydrogen-bond acceptors (Lipinski definition) is 4. The molecular weight excluding hydrogens is 318 g/mol. The molecule has 0 amide bonds. The number of rotatable bonds is 5. The molecule has 2 fully saturated rings. The topological polar surface area (TPSA) is 103 Å². The summed E-state index contributed by atoms with van der Waals surface area (Å²) in [5.41, 5.74) is 0.604. The number of aryl methyl sites for hydroxylation is 1. The molecule has 0 bridgehead atoms. The number of carbonyl (C=O) groups is 1. The molecule has 0 unspecified atom stereocenters. The molecule has 3 rings (SSSR count). The first-order valence-corrected chi connectivity index (χ1v) is 9.75. The van der Waals surface area contributed by atoms with Gasteiger partial charge in [-0.25, -0.2) is 22.5 Å². The molecule has 23 heavy (non-hydrogen) atoms. The fourth-order valence-corrected chi connectivity index (χ4v) is 5.26. The molecular formula is C15H23N3O4S. The molecule has 1 aromatic rings. The molecule has 1 saturated carbocycles. The summed E-state index contributed by atoms with van der Waals surface area (Å²) < 4.78 is 26.4. The predicted molar refractivity (Wildman–Crippen MR) is 85.0 cm³/mol. The van der Waals surface area contributed by atoms with E-state index in [0.717, 1.165) is 19.3 Å². The lowest BCUT2D eigenvalue weighted by atomic mass is 9.87. The van der Waals surface area contributed by atoms with Crippen molar-refractivity contribution in [3.63, 3.8) is 0 Å². The second-order valence-corrected chi connectivity index (χ2v) is 8.66. The minimum Gasteiger partial charge on any atom is -0.476 e. The molecule has 1 aliphatic heterocycles. The van der Waals surface area contributed by atoms with Crippen LogP contribution in [0.15, 0.2) is 0 Å². The summed E-state index contributed by atoms with van der Waals surface area (Å²) in [7, 11) is -3.16. The number of hydrogen-bond donors (Lipinski definition) is 2. The zero-order valence-electron chi connectivity index (χ0n) is 13.3. The maximum atomic E-state index is 12.4. The summed E-state index contributed by atoms with van der Waals surface area (Å²) in [5.74, 6) is 0.336. The Morgan fingerprint density at radius 1 is 1.30 bits per heavy atom. The molecule has 2 heterocycles. The van der Waals surface area contributed by atoms with E-state index in [4.69, 9.17) is 5.11 Å². The minimum absolute atomic E-state index is 0.0556. The number of sulfonamides is 1. The molecule has 0 atom stereocenters. The first-order chi connectivity index (χ1) is 10.9. The summed E-state index contributed by atoms with van der Waals surface area (Å²) in [4.78, 5) is 18.3. The molecule has 1 aromatic heterocycles. The lowest BCUT2D eigenvalue weighted by molar-refractivity contribution is 0.0690. The van der Waals surface area contributed by atoms with Crippen LogP contribution in [0.2, 0.25) is 0 Å². The number of nitrogens with zero attached hydrogens (tertiary/aromatic N) is 2. The summed E-state index contributed by atoms with van der Waals surface area (Å²) >= 11 is 0. The average molecular weight is 341 g/mol. The SMILES string of the molecule is Cc1[nH]c(C2CCN(S(=O)(=O)CC3CCC3)CC2)nc1C(=O)O. The average Bonchev–Trinajstić information content (AvgIpc) is 2.85. The van der Waals surface area contributed by atoms with E-state index in [2.05, 4.69) is 9.97 Å². The highest BCUT2D eigenvalue weighted by Gasteiger charge is 2.33. The fourth-order valence-electron chi connectivity index (χ4n) is 3.36. The molecule has 2 aliphatic rings. The van der Waals surface area contributed by atoms with Crippen LogP contribution in [-0.2, 0) is 10.0 Å². The van der Waals surface area contributed by atoms with Crippen LogP contribution in [0.4, 0.5) is 0 Å². The van der Waals surface area contributed by atoms with E-state index in [1.807, 2.05) is 0 Å². The summed E-state index contributed by atoms with van der Waals surface area (Å²) in [6.07, 6.45) is 4.55. The van der Waals surface area contributed by atoms with Crippen LogP contribution in [0.1, 0.15) is 60.0 Å². The third-order valence-electron chi connectivity index (χ3n) is 5.01. The van der Waals surface area contributed by atoms with E-state index in [-0.39, 0.29) is 17.4 Å². The third kappa shape index (κ3) is 3.42. The van der Waals surface area contributed by atoms with Crippen molar-refractivity contribution in [1.29, 1.82) is 0 Å². The first-order valence-electron chi connectivity index (χ1n) is 8.14. The Morgan fingerprint density at radius 2 is 1.96 bits per heavy atom. The van der Waals surface area contributed by atoms with Gasteiger partial charge in [0.2, 0.25) is 10.0 Å². The molecule has 8 heteroatoms. The van der Waals surface area contributed by atoms with Gasteiger partial charge in [-0.05, 0) is 38.5 Å². The minimum atomic E-state index is -3.16. The van der Waals surface area contributed by atoms with E-state index >= 15 is 0 Å². The second-order valence-electron chi connectivity index (χ2n) is 6.65. The number of H-pyrrole nitrogens is 1. The lowest BCUT2D eigenvalue weighted by Gasteiger charge is -2.33. The van der Waals surface area contributed by atoms with Crippen LogP contribution in [0, 0.1) is 12.8 Å². The van der Waals surface area contributed by atoms with Gasteiger partial charge >= 0.3 is 5.97 Å². The number of carboxylic acids is 1. The van der Waals surface area contributed by atoms with Crippen LogP contribution in [0.3, 0.4) is 0 Å². The Bertz CT molecular complexity index is 686. The Kier molecular flexibility index (Phi) is 4.46. The first kappa shape index (κ1) is 16.4. The van der Waals surface area contributed by atoms with Gasteiger partial charge < -0.3 is 10.1 Å². The number of aromatic nitrogens is 2. The highest BCUT2D eigenvalue weighted by atomic mass is 32.2. The van der Waals surface area contributed by atoms with E-state index in [1.54, 1.807) is 11.2 Å². The maximum Gasteiger partial charge on any atom is 0.356 e. The van der Waals surface area contributed by atoms with Gasteiger partial charge in [0.05, 0.1) is 5.75 Å². The largest absolute Gasteiger partial charge is 0.476 e. The number of nitrogens with one attached hydrogen (secondary N) is 1. The summed E-state index contributed by atoms with van der Waals surface area (Å²) in [5, 5.41) is 9.07. The molecule has 128 valence electrons. The van der Waals surface area contributed by atoms with Gasteiger partial charge in [0.15, 0.2) is 5.69 Å². The standard InChI is InChI=1S/C15H23N3O4S/c1-10-13(15(19)20)17-14(16-10)12-5-7-18(8-6-12)23(21,22)9-11-3-2-4-11/h11-12H,2-9H2,1H3,(H,16,17)(H,19,20). The number of aromatic carboxylic acids is 1. The van der Waals surface area contributed by atoms with E-state index in [0.29, 0.717) is 43.4 Å². The monoisotopic (exact) mass is 341 g/mol. The Morgan fingerprint density at radius 3 is 2.43 bits per heavy atom. The molecule has 0 spiro atoms. The zero-order chi connectivity index (χ0) is 16.6. The van der Waals surface area contributed by atoms with E-state index in [1.165, 1.54) is 0 Å². The van der Waals surface area contributed by atoms with Gasteiger partial charge in [-0.1, -0.05) is 6.42 Å². The van der Waals surface area contributed by atoms with Crippen molar-refractivity contribution in [3.8, 4) is 0 Å². The highest BCUT2D eigenvalue weighted by molar-refractivity contribution is 7.89. The second kappa shape index (κ2) is 6.24. The lowest BCUT2D eigenvalue weighted by Crippen LogP contribution is -2.41. The van der Waals surface area contributed by atoms with Crippen molar-refractivity contribution >= 4 is 16.0 Å². The number of imidazole rings is 1. The van der Waals surface area contributed by atoms with Gasteiger partial charge in [-0.15, -0.1) is 0 Å². The molecule has 2 N–H and O–H groups in total. The molecule has 7 nitrogen and oxygen atoms in total. The Hall–Kier alpha value is -1.41. The quantitative estimate of drug-likeness (QED) is 0.849. The van der Waals surface area contributed by atoms with Crippen molar-refractivity contribution in [2.75, 3.05) is 18.8 Å². The number of aromatic amines is 1. The van der Waals surface area contributed by atoms with Crippen LogP contribution in [-0.4, -0.2) is 52.6 Å². The normalized spacial score (nSPS) is 21.3. The van der Waals surface area contributed by atoms with Crippen LogP contribution >= 0.6 is 0 Å². The smallest absolute Gasteiger partial charge is 0.356 e. The van der Waals surface area contributed by atoms with Crippen LogP contribution in [0.25, 0.3) is 0 Å². The molecule has 1 aliphatic carbocycles.